The van der Waals surface area contributed by atoms with Crippen molar-refractivity contribution in [2.75, 3.05) is 24.6 Å². The maximum absolute atomic E-state index is 11.5. The van der Waals surface area contributed by atoms with Crippen LogP contribution in [0.4, 0.5) is 0 Å². The van der Waals surface area contributed by atoms with Gasteiger partial charge in [0.25, 0.3) is 0 Å². The molecule has 2 N–H and O–H groups in total. The zero-order valence-electron chi connectivity index (χ0n) is 15.1. The van der Waals surface area contributed by atoms with Crippen molar-refractivity contribution in [1.29, 1.82) is 0 Å². The highest BCUT2D eigenvalue weighted by Crippen LogP contribution is 2.18. The van der Waals surface area contributed by atoms with E-state index in [1.165, 1.54) is 5.56 Å². The molecule has 0 amide bonds. The molecule has 0 spiro atoms. The number of nitrogens with zero attached hydrogens (tertiary/aromatic N) is 1. The van der Waals surface area contributed by atoms with E-state index in [1.54, 1.807) is 0 Å². The van der Waals surface area contributed by atoms with Crippen LogP contribution in [0.2, 0.25) is 0 Å². The van der Waals surface area contributed by atoms with E-state index in [0.717, 1.165) is 31.8 Å². The van der Waals surface area contributed by atoms with Crippen LogP contribution in [0.5, 0.6) is 0 Å². The van der Waals surface area contributed by atoms with Gasteiger partial charge in [0.1, 0.15) is 0 Å². The summed E-state index contributed by atoms with van der Waals surface area (Å²) in [6.07, 6.45) is 2.77. The molecule has 1 saturated heterocycles. The highest BCUT2D eigenvalue weighted by atomic mass is 127. The number of guanidine groups is 1. The van der Waals surface area contributed by atoms with Gasteiger partial charge < -0.3 is 10.6 Å². The SMILES string of the molecule is CCNC(=NCC1CCS(=O)(=O)C1)NC(C)CCc1ccccc1.I. The van der Waals surface area contributed by atoms with Gasteiger partial charge in [-0.1, -0.05) is 30.3 Å². The summed E-state index contributed by atoms with van der Waals surface area (Å²) in [5.41, 5.74) is 1.34. The standard InChI is InChI=1S/C18H29N3O2S.HI/c1-3-19-18(20-13-17-11-12-24(22,23)14-17)21-15(2)9-10-16-7-5-4-6-8-16;/h4-8,15,17H,3,9-14H2,1-2H3,(H2,19,20,21);1H. The predicted molar refractivity (Wildman–Crippen MR) is 116 cm³/mol. The second kappa shape index (κ2) is 11.0. The minimum absolute atomic E-state index is 0. The summed E-state index contributed by atoms with van der Waals surface area (Å²) >= 11 is 0. The van der Waals surface area contributed by atoms with Crippen molar-refractivity contribution in [3.63, 3.8) is 0 Å². The number of hydrogen-bond donors (Lipinski definition) is 2. The number of benzene rings is 1. The second-order valence-corrected chi connectivity index (χ2v) is 8.79. The Bertz CT molecular complexity index is 635. The van der Waals surface area contributed by atoms with Crippen LogP contribution in [0.1, 0.15) is 32.3 Å². The lowest BCUT2D eigenvalue weighted by Crippen LogP contribution is -2.42. The van der Waals surface area contributed by atoms with E-state index in [2.05, 4.69) is 46.8 Å². The highest BCUT2D eigenvalue weighted by molar-refractivity contribution is 14.0. The van der Waals surface area contributed by atoms with Crippen LogP contribution in [0, 0.1) is 5.92 Å². The summed E-state index contributed by atoms with van der Waals surface area (Å²) in [5.74, 6) is 1.52. The number of nitrogens with one attached hydrogen (secondary N) is 2. The maximum Gasteiger partial charge on any atom is 0.191 e. The maximum atomic E-state index is 11.5. The van der Waals surface area contributed by atoms with E-state index < -0.39 is 9.84 Å². The van der Waals surface area contributed by atoms with Crippen molar-refractivity contribution in [3.8, 4) is 0 Å². The van der Waals surface area contributed by atoms with Crippen LogP contribution in [-0.2, 0) is 16.3 Å². The third-order valence-corrected chi connectivity index (χ3v) is 6.11. The van der Waals surface area contributed by atoms with Crippen LogP contribution in [0.25, 0.3) is 0 Å². The summed E-state index contributed by atoms with van der Waals surface area (Å²) in [6.45, 7) is 5.54. The first-order valence-electron chi connectivity index (χ1n) is 8.77. The lowest BCUT2D eigenvalue weighted by molar-refractivity contribution is 0.575. The van der Waals surface area contributed by atoms with Crippen molar-refractivity contribution in [3.05, 3.63) is 35.9 Å². The first kappa shape index (κ1) is 22.2. The molecule has 0 bridgehead atoms. The van der Waals surface area contributed by atoms with E-state index in [1.807, 2.05) is 13.0 Å². The molecule has 7 heteroatoms. The second-order valence-electron chi connectivity index (χ2n) is 6.56. The van der Waals surface area contributed by atoms with Gasteiger partial charge in [-0.25, -0.2) is 8.42 Å². The fourth-order valence-corrected chi connectivity index (χ4v) is 4.74. The first-order chi connectivity index (χ1) is 11.5. The van der Waals surface area contributed by atoms with Crippen LogP contribution in [0.3, 0.4) is 0 Å². The van der Waals surface area contributed by atoms with Crippen molar-refractivity contribution in [2.24, 2.45) is 10.9 Å². The molecule has 0 aliphatic carbocycles. The van der Waals surface area contributed by atoms with Gasteiger partial charge in [0.05, 0.1) is 11.5 Å². The van der Waals surface area contributed by atoms with Crippen LogP contribution < -0.4 is 10.6 Å². The molecule has 1 heterocycles. The predicted octanol–water partition coefficient (Wildman–Crippen LogP) is 2.62. The monoisotopic (exact) mass is 479 g/mol. The van der Waals surface area contributed by atoms with Crippen molar-refractivity contribution >= 4 is 39.8 Å². The Morgan fingerprint density at radius 3 is 2.64 bits per heavy atom. The van der Waals surface area contributed by atoms with Gasteiger partial charge in [-0.2, -0.15) is 0 Å². The van der Waals surface area contributed by atoms with Crippen molar-refractivity contribution in [1.82, 2.24) is 10.6 Å². The van der Waals surface area contributed by atoms with E-state index in [-0.39, 0.29) is 35.6 Å². The molecule has 0 saturated carbocycles. The van der Waals surface area contributed by atoms with Gasteiger partial charge >= 0.3 is 0 Å². The molecule has 1 aromatic carbocycles. The van der Waals surface area contributed by atoms with Crippen LogP contribution >= 0.6 is 24.0 Å². The molecular weight excluding hydrogens is 449 g/mol. The zero-order valence-corrected chi connectivity index (χ0v) is 18.2. The summed E-state index contributed by atoms with van der Waals surface area (Å²) in [4.78, 5) is 4.59. The Labute approximate surface area is 169 Å². The van der Waals surface area contributed by atoms with E-state index in [0.29, 0.717) is 18.3 Å². The molecule has 0 radical (unpaired) electrons. The molecule has 2 unspecified atom stereocenters. The smallest absolute Gasteiger partial charge is 0.191 e. The largest absolute Gasteiger partial charge is 0.357 e. The number of aryl methyl sites for hydroxylation is 1. The normalized spacial score (nSPS) is 20.6. The Morgan fingerprint density at radius 1 is 1.32 bits per heavy atom. The molecule has 25 heavy (non-hydrogen) atoms. The third kappa shape index (κ3) is 8.40. The lowest BCUT2D eigenvalue weighted by Gasteiger charge is -2.18. The quantitative estimate of drug-likeness (QED) is 0.359. The molecule has 2 atom stereocenters. The number of sulfone groups is 1. The molecule has 1 aromatic rings. The molecule has 1 aliphatic rings. The average molecular weight is 479 g/mol. The first-order valence-corrected chi connectivity index (χ1v) is 10.6. The van der Waals surface area contributed by atoms with E-state index in [4.69, 9.17) is 0 Å². The molecular formula is C18H30IN3O2S. The van der Waals surface area contributed by atoms with Crippen LogP contribution in [-0.4, -0.2) is 45.0 Å². The lowest BCUT2D eigenvalue weighted by atomic mass is 10.1. The number of aliphatic imine (C=N–C) groups is 1. The number of rotatable bonds is 7. The zero-order chi connectivity index (χ0) is 17.4. The summed E-state index contributed by atoms with van der Waals surface area (Å²) < 4.78 is 23.1. The Balaban J connectivity index is 0.00000312. The summed E-state index contributed by atoms with van der Waals surface area (Å²) in [7, 11) is -2.83. The Morgan fingerprint density at radius 2 is 2.04 bits per heavy atom. The summed E-state index contributed by atoms with van der Waals surface area (Å²) in [6, 6.07) is 10.8. The fraction of sp³-hybridized carbons (Fsp3) is 0.611. The third-order valence-electron chi connectivity index (χ3n) is 4.27. The highest BCUT2D eigenvalue weighted by Gasteiger charge is 2.27. The minimum atomic E-state index is -2.83. The number of halogens is 1. The molecule has 5 nitrogen and oxygen atoms in total. The van der Waals surface area contributed by atoms with Gasteiger partial charge in [0.15, 0.2) is 15.8 Å². The van der Waals surface area contributed by atoms with Crippen molar-refractivity contribution < 1.29 is 8.42 Å². The van der Waals surface area contributed by atoms with Gasteiger partial charge in [-0.3, -0.25) is 4.99 Å². The van der Waals surface area contributed by atoms with E-state index >= 15 is 0 Å². The van der Waals surface area contributed by atoms with E-state index in [9.17, 15) is 8.42 Å². The van der Waals surface area contributed by atoms with Gasteiger partial charge in [-0.05, 0) is 44.6 Å². The minimum Gasteiger partial charge on any atom is -0.357 e. The Kier molecular flexibility index (Phi) is 9.78. The Hall–Kier alpha value is -0.830. The molecule has 2 rings (SSSR count). The molecule has 142 valence electrons. The van der Waals surface area contributed by atoms with Gasteiger partial charge in [0.2, 0.25) is 0 Å². The fourth-order valence-electron chi connectivity index (χ4n) is 2.89. The number of hydrogen-bond acceptors (Lipinski definition) is 3. The topological polar surface area (TPSA) is 70.6 Å². The molecule has 1 fully saturated rings. The molecule has 0 aromatic heterocycles. The van der Waals surface area contributed by atoms with Crippen molar-refractivity contribution in [2.45, 2.75) is 39.2 Å². The average Bonchev–Trinajstić information content (AvgIpc) is 2.91. The molecule has 1 aliphatic heterocycles. The van der Waals surface area contributed by atoms with Crippen LogP contribution in [0.15, 0.2) is 35.3 Å². The van der Waals surface area contributed by atoms with Gasteiger partial charge in [0, 0.05) is 19.1 Å². The summed E-state index contributed by atoms with van der Waals surface area (Å²) in [5, 5.41) is 6.67. The van der Waals surface area contributed by atoms with Gasteiger partial charge in [-0.15, -0.1) is 24.0 Å².